The summed E-state index contributed by atoms with van der Waals surface area (Å²) in [4.78, 5) is 11.2. The Balaban J connectivity index is 1.37. The number of carbonyl (C=O) groups is 1. The minimum atomic E-state index is -0.0704. The van der Waals surface area contributed by atoms with E-state index in [1.165, 1.54) is 0 Å². The molecular weight excluding hydrogens is 522 g/mol. The third-order valence-corrected chi connectivity index (χ3v) is 5.93. The predicted octanol–water partition coefficient (Wildman–Crippen LogP) is 5.33. The minimum absolute atomic E-state index is 0.0704. The van der Waals surface area contributed by atoms with Gasteiger partial charge in [0.25, 0.3) is 0 Å². The molecule has 0 aliphatic carbocycles. The monoisotopic (exact) mass is 551 g/mol. The van der Waals surface area contributed by atoms with Crippen LogP contribution in [0.4, 0.5) is 0 Å². The molecule has 9 heteroatoms. The summed E-state index contributed by atoms with van der Waals surface area (Å²) in [5.74, 6) is 2.11. The number of nitrogens with one attached hydrogen (secondary N) is 2. The van der Waals surface area contributed by atoms with Gasteiger partial charge >= 0.3 is 0 Å². The Morgan fingerprint density at radius 2 is 1.76 bits per heavy atom. The van der Waals surface area contributed by atoms with Gasteiger partial charge in [0, 0.05) is 25.3 Å². The molecule has 34 heavy (non-hydrogen) atoms. The van der Waals surface area contributed by atoms with Gasteiger partial charge in [0.05, 0.1) is 35.0 Å². The third-order valence-electron chi connectivity index (χ3n) is 5.02. The summed E-state index contributed by atoms with van der Waals surface area (Å²) in [6, 6.07) is 11.7. The van der Waals surface area contributed by atoms with Crippen molar-refractivity contribution >= 4 is 39.1 Å². The van der Waals surface area contributed by atoms with Crippen molar-refractivity contribution in [1.29, 1.82) is 0 Å². The Bertz CT molecular complexity index is 1000. The van der Waals surface area contributed by atoms with Gasteiger partial charge < -0.3 is 19.5 Å². The molecule has 1 heterocycles. The number of hydrogen-bond donors (Lipinski definition) is 2. The lowest BCUT2D eigenvalue weighted by atomic mass is 10.0. The van der Waals surface area contributed by atoms with Gasteiger partial charge in [0.15, 0.2) is 0 Å². The fraction of sp³-hybridized carbons (Fsp3) is 0.440. The van der Waals surface area contributed by atoms with E-state index >= 15 is 0 Å². The summed E-state index contributed by atoms with van der Waals surface area (Å²) < 4.78 is 18.3. The zero-order valence-electron chi connectivity index (χ0n) is 19.5. The van der Waals surface area contributed by atoms with Gasteiger partial charge in [0.1, 0.15) is 17.2 Å². The molecule has 184 valence electrons. The van der Waals surface area contributed by atoms with Crippen LogP contribution < -0.4 is 25.0 Å². The number of carbonyl (C=O) groups excluding carboxylic acids is 1. The number of hydrazone groups is 1. The topological polar surface area (TPSA) is 81.2 Å². The van der Waals surface area contributed by atoms with Crippen LogP contribution in [0.2, 0.25) is 5.02 Å². The van der Waals surface area contributed by atoms with Gasteiger partial charge in [-0.05, 0) is 70.9 Å². The van der Waals surface area contributed by atoms with Crippen LogP contribution in [0.1, 0.15) is 45.1 Å². The van der Waals surface area contributed by atoms with Crippen molar-refractivity contribution in [2.24, 2.45) is 5.10 Å². The van der Waals surface area contributed by atoms with E-state index in [9.17, 15) is 4.79 Å². The molecule has 0 atom stereocenters. The highest BCUT2D eigenvalue weighted by Crippen LogP contribution is 2.30. The fourth-order valence-electron chi connectivity index (χ4n) is 3.24. The quantitative estimate of drug-likeness (QED) is 0.328. The highest BCUT2D eigenvalue weighted by atomic mass is 79.9. The maximum absolute atomic E-state index is 11.2. The largest absolute Gasteiger partial charge is 0.493 e. The van der Waals surface area contributed by atoms with Crippen molar-refractivity contribution in [2.75, 3.05) is 26.4 Å². The van der Waals surface area contributed by atoms with Crippen molar-refractivity contribution in [3.63, 3.8) is 0 Å². The minimum Gasteiger partial charge on any atom is -0.493 e. The third kappa shape index (κ3) is 8.49. The lowest BCUT2D eigenvalue weighted by Crippen LogP contribution is -2.25. The lowest BCUT2D eigenvalue weighted by Gasteiger charge is -2.14. The van der Waals surface area contributed by atoms with Crippen LogP contribution in [-0.2, 0) is 4.79 Å². The average molecular weight is 553 g/mol. The molecule has 2 aromatic rings. The summed E-state index contributed by atoms with van der Waals surface area (Å²) >= 11 is 9.92. The molecule has 0 fully saturated rings. The normalized spacial score (nSPS) is 13.4. The molecule has 7 nitrogen and oxygen atoms in total. The van der Waals surface area contributed by atoms with Crippen LogP contribution >= 0.6 is 27.5 Å². The molecule has 2 N–H and O–H groups in total. The number of rotatable bonds is 13. The molecule has 0 saturated heterocycles. The van der Waals surface area contributed by atoms with E-state index in [1.807, 2.05) is 36.4 Å². The molecule has 1 aliphatic heterocycles. The summed E-state index contributed by atoms with van der Waals surface area (Å²) in [6.07, 6.45) is 2.67. The Labute approximate surface area is 214 Å². The van der Waals surface area contributed by atoms with Crippen LogP contribution in [-0.4, -0.2) is 44.0 Å². The van der Waals surface area contributed by atoms with E-state index < -0.39 is 0 Å². The van der Waals surface area contributed by atoms with E-state index in [1.54, 1.807) is 0 Å². The van der Waals surface area contributed by atoms with Gasteiger partial charge in [-0.25, -0.2) is 5.43 Å². The highest BCUT2D eigenvalue weighted by Gasteiger charge is 2.14. The van der Waals surface area contributed by atoms with E-state index in [0.717, 1.165) is 40.2 Å². The molecule has 0 saturated carbocycles. The summed E-state index contributed by atoms with van der Waals surface area (Å²) in [5, 5.41) is 7.98. The molecule has 1 aliphatic rings. The molecule has 0 radical (unpaired) electrons. The Morgan fingerprint density at radius 1 is 1.03 bits per heavy atom. The van der Waals surface area contributed by atoms with E-state index in [0.29, 0.717) is 55.9 Å². The maximum atomic E-state index is 11.2. The number of hydrogen-bond acceptors (Lipinski definition) is 6. The van der Waals surface area contributed by atoms with Gasteiger partial charge in [-0.2, -0.15) is 5.10 Å². The number of nitrogens with zero attached hydrogens (tertiary/aromatic N) is 1. The van der Waals surface area contributed by atoms with E-state index in [2.05, 4.69) is 45.6 Å². The van der Waals surface area contributed by atoms with Crippen LogP contribution in [0.15, 0.2) is 46.0 Å². The average Bonchev–Trinajstić information content (AvgIpc) is 2.81. The second-order valence-corrected chi connectivity index (χ2v) is 9.45. The zero-order chi connectivity index (χ0) is 24.3. The van der Waals surface area contributed by atoms with Crippen LogP contribution in [0, 0.1) is 0 Å². The van der Waals surface area contributed by atoms with Crippen molar-refractivity contribution < 1.29 is 19.0 Å². The summed E-state index contributed by atoms with van der Waals surface area (Å²) in [5.41, 5.74) is 4.19. The Hall–Kier alpha value is -2.29. The van der Waals surface area contributed by atoms with E-state index in [-0.39, 0.29) is 5.91 Å². The summed E-state index contributed by atoms with van der Waals surface area (Å²) in [7, 11) is 0. The van der Waals surface area contributed by atoms with Crippen molar-refractivity contribution in [3.8, 4) is 17.2 Å². The van der Waals surface area contributed by atoms with Gasteiger partial charge in [0.2, 0.25) is 5.91 Å². The van der Waals surface area contributed by atoms with E-state index in [4.69, 9.17) is 25.8 Å². The first-order valence-electron chi connectivity index (χ1n) is 11.5. The molecule has 0 aromatic heterocycles. The maximum Gasteiger partial charge on any atom is 0.240 e. The molecule has 0 bridgehead atoms. The van der Waals surface area contributed by atoms with Crippen LogP contribution in [0.3, 0.4) is 0 Å². The zero-order valence-corrected chi connectivity index (χ0v) is 21.9. The first-order valence-corrected chi connectivity index (χ1v) is 12.7. The molecule has 3 rings (SSSR count). The molecule has 0 spiro atoms. The number of ether oxygens (including phenoxy) is 3. The van der Waals surface area contributed by atoms with Gasteiger partial charge in [-0.1, -0.05) is 25.4 Å². The molecule has 2 aromatic carbocycles. The Morgan fingerprint density at radius 3 is 2.47 bits per heavy atom. The van der Waals surface area contributed by atoms with Crippen molar-refractivity contribution in [3.05, 3.63) is 51.5 Å². The SMILES string of the molecule is CC(C)NCCCOc1ccc(OCCCOc2ccc(C3=NNC(=O)CC3)cc2Cl)cc1Br. The predicted molar refractivity (Wildman–Crippen MR) is 138 cm³/mol. The first kappa shape index (κ1) is 26.3. The lowest BCUT2D eigenvalue weighted by molar-refractivity contribution is -0.121. The van der Waals surface area contributed by atoms with Crippen molar-refractivity contribution in [2.45, 2.75) is 45.6 Å². The molecule has 0 unspecified atom stereocenters. The standard InChI is InChI=1S/C25H31BrClN3O4/c1-17(2)28-11-3-12-33-23-9-6-19(16-20(23)26)32-13-4-14-34-24-8-5-18(15-21(24)27)22-7-10-25(31)30-29-22/h5-6,8-9,15-17,28H,3-4,7,10-14H2,1-2H3,(H,30,31). The molecular formula is C25H31BrClN3O4. The molecule has 1 amide bonds. The van der Waals surface area contributed by atoms with Gasteiger partial charge in [-0.15, -0.1) is 0 Å². The second kappa shape index (κ2) is 13.6. The Kier molecular flexibility index (Phi) is 10.5. The second-order valence-electron chi connectivity index (χ2n) is 8.19. The fourth-order valence-corrected chi connectivity index (χ4v) is 3.95. The number of benzene rings is 2. The highest BCUT2D eigenvalue weighted by molar-refractivity contribution is 9.10. The van der Waals surface area contributed by atoms with Gasteiger partial charge in [-0.3, -0.25) is 4.79 Å². The number of halogens is 2. The van der Waals surface area contributed by atoms with Crippen LogP contribution in [0.5, 0.6) is 17.2 Å². The summed E-state index contributed by atoms with van der Waals surface area (Å²) in [6.45, 7) is 6.84. The van der Waals surface area contributed by atoms with Crippen LogP contribution in [0.25, 0.3) is 0 Å². The first-order chi connectivity index (χ1) is 16.4. The smallest absolute Gasteiger partial charge is 0.240 e. The number of amides is 1. The van der Waals surface area contributed by atoms with Crippen molar-refractivity contribution in [1.82, 2.24) is 10.7 Å².